The molecule has 0 aromatic heterocycles. The summed E-state index contributed by atoms with van der Waals surface area (Å²) in [5.74, 6) is 1.77. The first-order valence-corrected chi connectivity index (χ1v) is 3.56. The second kappa shape index (κ2) is 2.55. The van der Waals surface area contributed by atoms with Crippen molar-refractivity contribution in [3.05, 3.63) is 0 Å². The molecule has 1 rings (SSSR count). The van der Waals surface area contributed by atoms with E-state index in [-0.39, 0.29) is 5.91 Å². The van der Waals surface area contributed by atoms with Crippen LogP contribution in [0.25, 0.3) is 0 Å². The standard InChI is InChI=1S/C8H11NO2/c1-3-8(11)5-4-6-9(2)7(8)10/h1,11H,4-6H2,2H3. The van der Waals surface area contributed by atoms with Gasteiger partial charge in [-0.2, -0.15) is 0 Å². The predicted octanol–water partition coefficient (Wildman–Crippen LogP) is -0.397. The highest BCUT2D eigenvalue weighted by Gasteiger charge is 2.38. The van der Waals surface area contributed by atoms with Crippen LogP contribution in [0.3, 0.4) is 0 Å². The Kier molecular flexibility index (Phi) is 1.88. The Morgan fingerprint density at radius 1 is 1.82 bits per heavy atom. The van der Waals surface area contributed by atoms with E-state index in [1.807, 2.05) is 0 Å². The van der Waals surface area contributed by atoms with Crippen molar-refractivity contribution in [3.8, 4) is 12.3 Å². The van der Waals surface area contributed by atoms with Gasteiger partial charge in [-0.15, -0.1) is 6.42 Å². The molecule has 1 atom stereocenters. The van der Waals surface area contributed by atoms with Gasteiger partial charge in [-0.05, 0) is 12.8 Å². The van der Waals surface area contributed by atoms with Crippen molar-refractivity contribution in [3.63, 3.8) is 0 Å². The van der Waals surface area contributed by atoms with Crippen molar-refractivity contribution >= 4 is 5.91 Å². The molecule has 0 bridgehead atoms. The minimum absolute atomic E-state index is 0.355. The van der Waals surface area contributed by atoms with E-state index in [1.165, 1.54) is 4.90 Å². The summed E-state index contributed by atoms with van der Waals surface area (Å²) in [6.45, 7) is 0.683. The van der Waals surface area contributed by atoms with Crippen LogP contribution in [0.1, 0.15) is 12.8 Å². The zero-order valence-electron chi connectivity index (χ0n) is 6.50. The van der Waals surface area contributed by atoms with Crippen LogP contribution in [0.4, 0.5) is 0 Å². The molecule has 1 aliphatic rings. The third-order valence-corrected chi connectivity index (χ3v) is 1.97. The van der Waals surface area contributed by atoms with Gasteiger partial charge in [0.05, 0.1) is 0 Å². The quantitative estimate of drug-likeness (QED) is 0.481. The molecule has 1 fully saturated rings. The number of aliphatic hydroxyl groups is 1. The lowest BCUT2D eigenvalue weighted by Crippen LogP contribution is -2.50. The minimum atomic E-state index is -1.53. The van der Waals surface area contributed by atoms with E-state index in [0.29, 0.717) is 13.0 Å². The second-order valence-electron chi connectivity index (χ2n) is 2.83. The van der Waals surface area contributed by atoms with Gasteiger partial charge in [0, 0.05) is 13.6 Å². The summed E-state index contributed by atoms with van der Waals surface area (Å²) >= 11 is 0. The number of amides is 1. The largest absolute Gasteiger partial charge is 0.369 e. The summed E-state index contributed by atoms with van der Waals surface area (Å²) in [5.41, 5.74) is -1.53. The average molecular weight is 153 g/mol. The first-order valence-electron chi connectivity index (χ1n) is 3.56. The maximum atomic E-state index is 11.2. The first kappa shape index (κ1) is 8.09. The Bertz CT molecular complexity index is 219. The number of carbonyl (C=O) groups excluding carboxylic acids is 1. The average Bonchev–Trinajstić information content (AvgIpc) is 2.00. The van der Waals surface area contributed by atoms with Crippen molar-refractivity contribution in [1.82, 2.24) is 4.90 Å². The Hall–Kier alpha value is -1.01. The molecule has 1 heterocycles. The smallest absolute Gasteiger partial charge is 0.266 e. The zero-order chi connectivity index (χ0) is 8.48. The molecule has 0 spiro atoms. The summed E-state index contributed by atoms with van der Waals surface area (Å²) in [7, 11) is 1.64. The van der Waals surface area contributed by atoms with E-state index < -0.39 is 5.60 Å². The van der Waals surface area contributed by atoms with E-state index in [4.69, 9.17) is 6.42 Å². The molecule has 1 N–H and O–H groups in total. The molecular weight excluding hydrogens is 142 g/mol. The van der Waals surface area contributed by atoms with Gasteiger partial charge in [-0.25, -0.2) is 0 Å². The number of nitrogens with zero attached hydrogens (tertiary/aromatic N) is 1. The lowest BCUT2D eigenvalue weighted by molar-refractivity contribution is -0.148. The van der Waals surface area contributed by atoms with Crippen molar-refractivity contribution in [2.24, 2.45) is 0 Å². The fourth-order valence-electron chi connectivity index (χ4n) is 1.23. The molecule has 0 radical (unpaired) electrons. The molecule has 0 aromatic carbocycles. The number of carbonyl (C=O) groups is 1. The van der Waals surface area contributed by atoms with Crippen LogP contribution in [0.15, 0.2) is 0 Å². The molecule has 0 aliphatic carbocycles. The van der Waals surface area contributed by atoms with Crippen molar-refractivity contribution in [2.75, 3.05) is 13.6 Å². The third-order valence-electron chi connectivity index (χ3n) is 1.97. The number of terminal acetylenes is 1. The highest BCUT2D eigenvalue weighted by molar-refractivity contribution is 5.88. The van der Waals surface area contributed by atoms with Crippen LogP contribution in [-0.2, 0) is 4.79 Å². The van der Waals surface area contributed by atoms with E-state index >= 15 is 0 Å². The van der Waals surface area contributed by atoms with Crippen LogP contribution in [0.2, 0.25) is 0 Å². The molecule has 1 saturated heterocycles. The molecule has 11 heavy (non-hydrogen) atoms. The fourth-order valence-corrected chi connectivity index (χ4v) is 1.23. The number of rotatable bonds is 0. The van der Waals surface area contributed by atoms with Gasteiger partial charge in [0.1, 0.15) is 0 Å². The Morgan fingerprint density at radius 3 is 2.91 bits per heavy atom. The summed E-state index contributed by atoms with van der Waals surface area (Å²) in [4.78, 5) is 12.7. The number of hydrogen-bond donors (Lipinski definition) is 1. The predicted molar refractivity (Wildman–Crippen MR) is 40.7 cm³/mol. The summed E-state index contributed by atoms with van der Waals surface area (Å²) in [6.07, 6.45) is 6.19. The molecule has 0 aromatic rings. The fraction of sp³-hybridized carbons (Fsp3) is 0.625. The number of likely N-dealkylation sites (N-methyl/N-ethyl adjacent to an activating group) is 1. The van der Waals surface area contributed by atoms with Crippen LogP contribution < -0.4 is 0 Å². The van der Waals surface area contributed by atoms with Gasteiger partial charge >= 0.3 is 0 Å². The van der Waals surface area contributed by atoms with Crippen LogP contribution in [0, 0.1) is 12.3 Å². The SMILES string of the molecule is C#CC1(O)CCCN(C)C1=O. The molecule has 1 unspecified atom stereocenters. The topological polar surface area (TPSA) is 40.5 Å². The van der Waals surface area contributed by atoms with E-state index in [1.54, 1.807) is 7.05 Å². The molecule has 1 amide bonds. The zero-order valence-corrected chi connectivity index (χ0v) is 6.50. The number of piperidine rings is 1. The monoisotopic (exact) mass is 153 g/mol. The highest BCUT2D eigenvalue weighted by Crippen LogP contribution is 2.20. The molecular formula is C8H11NO2. The first-order chi connectivity index (χ1) is 5.10. The van der Waals surface area contributed by atoms with E-state index in [9.17, 15) is 9.90 Å². The van der Waals surface area contributed by atoms with Crippen LogP contribution in [-0.4, -0.2) is 35.1 Å². The lowest BCUT2D eigenvalue weighted by Gasteiger charge is -2.32. The lowest BCUT2D eigenvalue weighted by atomic mass is 9.93. The molecule has 3 nitrogen and oxygen atoms in total. The summed E-state index contributed by atoms with van der Waals surface area (Å²) in [6, 6.07) is 0. The summed E-state index contributed by atoms with van der Waals surface area (Å²) in [5, 5.41) is 9.49. The van der Waals surface area contributed by atoms with E-state index in [2.05, 4.69) is 5.92 Å². The maximum Gasteiger partial charge on any atom is 0.266 e. The van der Waals surface area contributed by atoms with Crippen molar-refractivity contribution in [1.29, 1.82) is 0 Å². The molecule has 1 aliphatic heterocycles. The van der Waals surface area contributed by atoms with Crippen molar-refractivity contribution < 1.29 is 9.90 Å². The number of hydrogen-bond acceptors (Lipinski definition) is 2. The van der Waals surface area contributed by atoms with Crippen LogP contribution in [0.5, 0.6) is 0 Å². The van der Waals surface area contributed by atoms with Crippen molar-refractivity contribution in [2.45, 2.75) is 18.4 Å². The van der Waals surface area contributed by atoms with Crippen LogP contribution >= 0.6 is 0 Å². The normalized spacial score (nSPS) is 31.7. The van der Waals surface area contributed by atoms with Gasteiger partial charge in [0.15, 0.2) is 0 Å². The van der Waals surface area contributed by atoms with Gasteiger partial charge in [-0.1, -0.05) is 5.92 Å². The summed E-state index contributed by atoms with van der Waals surface area (Å²) < 4.78 is 0. The Morgan fingerprint density at radius 2 is 2.45 bits per heavy atom. The van der Waals surface area contributed by atoms with Gasteiger partial charge in [-0.3, -0.25) is 4.79 Å². The van der Waals surface area contributed by atoms with Gasteiger partial charge < -0.3 is 10.0 Å². The maximum absolute atomic E-state index is 11.2. The molecule has 60 valence electrons. The van der Waals surface area contributed by atoms with E-state index in [0.717, 1.165) is 6.42 Å². The third kappa shape index (κ3) is 1.22. The molecule has 3 heteroatoms. The highest BCUT2D eigenvalue weighted by atomic mass is 16.3. The number of likely N-dealkylation sites (tertiary alicyclic amines) is 1. The van der Waals surface area contributed by atoms with Gasteiger partial charge in [0.2, 0.25) is 5.60 Å². The minimum Gasteiger partial charge on any atom is -0.369 e. The second-order valence-corrected chi connectivity index (χ2v) is 2.83. The molecule has 0 saturated carbocycles. The Balaban J connectivity index is 2.83. The van der Waals surface area contributed by atoms with Gasteiger partial charge in [0.25, 0.3) is 5.91 Å². The Labute approximate surface area is 66.0 Å².